The molecule has 1 heterocycles. The first-order chi connectivity index (χ1) is 12.2. The van der Waals surface area contributed by atoms with Gasteiger partial charge in [-0.2, -0.15) is 0 Å². The standard InChI is InChI=1S/C19H28N4OS/c1-5-18-23-16(13-25-18)12-22-19(20-6-2)21-10-9-15-8-7-14(3)17(11-15)24-4/h7-8,11,13H,5-6,9-10,12H2,1-4H3,(H2,20,21,22). The SMILES string of the molecule is CCNC(=NCc1csc(CC)n1)NCCc1ccc(C)c(OC)c1. The lowest BCUT2D eigenvalue weighted by Gasteiger charge is -2.12. The predicted octanol–water partition coefficient (Wildman–Crippen LogP) is 3.32. The predicted molar refractivity (Wildman–Crippen MR) is 106 cm³/mol. The Morgan fingerprint density at radius 3 is 2.80 bits per heavy atom. The van der Waals surface area contributed by atoms with Crippen LogP contribution in [0.3, 0.4) is 0 Å². The van der Waals surface area contributed by atoms with Gasteiger partial charge in [-0.15, -0.1) is 11.3 Å². The van der Waals surface area contributed by atoms with Gasteiger partial charge in [0.15, 0.2) is 5.96 Å². The molecular formula is C19H28N4OS. The van der Waals surface area contributed by atoms with Crippen LogP contribution >= 0.6 is 11.3 Å². The normalized spacial score (nSPS) is 11.4. The number of aliphatic imine (C=N–C) groups is 1. The fourth-order valence-electron chi connectivity index (χ4n) is 2.43. The number of hydrogen-bond donors (Lipinski definition) is 2. The Labute approximate surface area is 154 Å². The fourth-order valence-corrected chi connectivity index (χ4v) is 3.17. The second kappa shape index (κ2) is 10.0. The Kier molecular flexibility index (Phi) is 7.73. The van der Waals surface area contributed by atoms with Crippen molar-refractivity contribution in [2.45, 2.75) is 40.2 Å². The van der Waals surface area contributed by atoms with Crippen LogP contribution < -0.4 is 15.4 Å². The summed E-state index contributed by atoms with van der Waals surface area (Å²) in [6.45, 7) is 8.50. The van der Waals surface area contributed by atoms with Gasteiger partial charge >= 0.3 is 0 Å². The van der Waals surface area contributed by atoms with Gasteiger partial charge in [-0.3, -0.25) is 0 Å². The Balaban J connectivity index is 1.89. The number of ether oxygens (including phenoxy) is 1. The average Bonchev–Trinajstić information content (AvgIpc) is 3.09. The molecule has 6 heteroatoms. The molecule has 0 unspecified atom stereocenters. The highest BCUT2D eigenvalue weighted by Gasteiger charge is 2.03. The van der Waals surface area contributed by atoms with E-state index in [4.69, 9.17) is 4.74 Å². The van der Waals surface area contributed by atoms with E-state index in [1.807, 2.05) is 0 Å². The first-order valence-electron chi connectivity index (χ1n) is 8.75. The van der Waals surface area contributed by atoms with Crippen LogP contribution in [0.1, 0.15) is 35.7 Å². The topological polar surface area (TPSA) is 58.5 Å². The van der Waals surface area contributed by atoms with Crippen molar-refractivity contribution in [3.05, 3.63) is 45.4 Å². The molecule has 25 heavy (non-hydrogen) atoms. The number of hydrogen-bond acceptors (Lipinski definition) is 4. The zero-order valence-corrected chi connectivity index (χ0v) is 16.4. The molecule has 0 fully saturated rings. The molecule has 0 atom stereocenters. The molecule has 0 amide bonds. The van der Waals surface area contributed by atoms with E-state index in [0.717, 1.165) is 53.9 Å². The van der Waals surface area contributed by atoms with Gasteiger partial charge in [0.05, 0.1) is 24.4 Å². The summed E-state index contributed by atoms with van der Waals surface area (Å²) in [6.07, 6.45) is 1.89. The molecule has 0 spiro atoms. The van der Waals surface area contributed by atoms with Crippen LogP contribution in [0.2, 0.25) is 0 Å². The minimum Gasteiger partial charge on any atom is -0.496 e. The molecule has 1 aromatic heterocycles. The largest absolute Gasteiger partial charge is 0.496 e. The molecule has 2 rings (SSSR count). The second-order valence-electron chi connectivity index (χ2n) is 5.76. The highest BCUT2D eigenvalue weighted by atomic mass is 32.1. The molecule has 0 radical (unpaired) electrons. The summed E-state index contributed by atoms with van der Waals surface area (Å²) in [5, 5.41) is 9.92. The van der Waals surface area contributed by atoms with Gasteiger partial charge in [0.2, 0.25) is 0 Å². The van der Waals surface area contributed by atoms with Crippen molar-refractivity contribution < 1.29 is 4.74 Å². The molecule has 0 bridgehead atoms. The molecule has 0 aliphatic carbocycles. The quantitative estimate of drug-likeness (QED) is 0.560. The van der Waals surface area contributed by atoms with E-state index in [2.05, 4.69) is 65.0 Å². The van der Waals surface area contributed by atoms with E-state index in [0.29, 0.717) is 6.54 Å². The third-order valence-electron chi connectivity index (χ3n) is 3.82. The van der Waals surface area contributed by atoms with E-state index < -0.39 is 0 Å². The summed E-state index contributed by atoms with van der Waals surface area (Å²) in [5.41, 5.74) is 3.43. The van der Waals surface area contributed by atoms with Crippen LogP contribution in [0.25, 0.3) is 0 Å². The highest BCUT2D eigenvalue weighted by molar-refractivity contribution is 7.09. The molecule has 0 saturated heterocycles. The lowest BCUT2D eigenvalue weighted by Crippen LogP contribution is -2.38. The molecule has 0 saturated carbocycles. The van der Waals surface area contributed by atoms with Crippen LogP contribution in [-0.2, 0) is 19.4 Å². The molecule has 136 valence electrons. The number of nitrogens with zero attached hydrogens (tertiary/aromatic N) is 2. The lowest BCUT2D eigenvalue weighted by molar-refractivity contribution is 0.411. The fraction of sp³-hybridized carbons (Fsp3) is 0.474. The van der Waals surface area contributed by atoms with Gasteiger partial charge in [-0.1, -0.05) is 19.1 Å². The van der Waals surface area contributed by atoms with Crippen molar-refractivity contribution in [1.82, 2.24) is 15.6 Å². The first kappa shape index (κ1) is 19.2. The molecule has 0 aliphatic rings. The lowest BCUT2D eigenvalue weighted by atomic mass is 10.1. The summed E-state index contributed by atoms with van der Waals surface area (Å²) < 4.78 is 5.39. The van der Waals surface area contributed by atoms with Crippen molar-refractivity contribution >= 4 is 17.3 Å². The average molecular weight is 361 g/mol. The van der Waals surface area contributed by atoms with E-state index in [1.54, 1.807) is 18.4 Å². The molecular weight excluding hydrogens is 332 g/mol. The molecule has 0 aliphatic heterocycles. The van der Waals surface area contributed by atoms with Gasteiger partial charge in [-0.05, 0) is 43.9 Å². The summed E-state index contributed by atoms with van der Waals surface area (Å²) in [7, 11) is 1.71. The van der Waals surface area contributed by atoms with Crippen molar-refractivity contribution in [2.75, 3.05) is 20.2 Å². The number of thiazole rings is 1. The molecule has 1 aromatic carbocycles. The first-order valence-corrected chi connectivity index (χ1v) is 9.63. The van der Waals surface area contributed by atoms with Crippen molar-refractivity contribution in [3.8, 4) is 5.75 Å². The number of rotatable bonds is 8. The zero-order valence-electron chi connectivity index (χ0n) is 15.6. The molecule has 2 aromatic rings. The van der Waals surface area contributed by atoms with Crippen LogP contribution in [0.15, 0.2) is 28.6 Å². The minimum atomic E-state index is 0.601. The molecule has 5 nitrogen and oxygen atoms in total. The summed E-state index contributed by atoms with van der Waals surface area (Å²) in [4.78, 5) is 9.18. The number of nitrogens with one attached hydrogen (secondary N) is 2. The number of methoxy groups -OCH3 is 1. The van der Waals surface area contributed by atoms with Gasteiger partial charge in [0.1, 0.15) is 5.75 Å². The third kappa shape index (κ3) is 6.05. The third-order valence-corrected chi connectivity index (χ3v) is 4.87. The maximum absolute atomic E-state index is 5.39. The minimum absolute atomic E-state index is 0.601. The van der Waals surface area contributed by atoms with E-state index in [9.17, 15) is 0 Å². The number of aromatic nitrogens is 1. The number of guanidine groups is 1. The Morgan fingerprint density at radius 1 is 1.28 bits per heavy atom. The molecule has 2 N–H and O–H groups in total. The van der Waals surface area contributed by atoms with E-state index >= 15 is 0 Å². The zero-order chi connectivity index (χ0) is 18.1. The van der Waals surface area contributed by atoms with Crippen molar-refractivity contribution in [2.24, 2.45) is 4.99 Å². The van der Waals surface area contributed by atoms with Gasteiger partial charge in [0, 0.05) is 18.5 Å². The van der Waals surface area contributed by atoms with Crippen LogP contribution in [0.4, 0.5) is 0 Å². The monoisotopic (exact) mass is 360 g/mol. The Bertz CT molecular complexity index is 696. The maximum Gasteiger partial charge on any atom is 0.191 e. The summed E-state index contributed by atoms with van der Waals surface area (Å²) in [6, 6.07) is 6.34. The maximum atomic E-state index is 5.39. The number of aryl methyl sites for hydroxylation is 2. The van der Waals surface area contributed by atoms with Crippen LogP contribution in [0, 0.1) is 6.92 Å². The van der Waals surface area contributed by atoms with E-state index in [1.165, 1.54) is 5.56 Å². The highest BCUT2D eigenvalue weighted by Crippen LogP contribution is 2.19. The van der Waals surface area contributed by atoms with Crippen LogP contribution in [0.5, 0.6) is 5.75 Å². The van der Waals surface area contributed by atoms with Crippen LogP contribution in [-0.4, -0.2) is 31.1 Å². The van der Waals surface area contributed by atoms with Gasteiger partial charge in [0.25, 0.3) is 0 Å². The number of benzene rings is 1. The van der Waals surface area contributed by atoms with Gasteiger partial charge in [-0.25, -0.2) is 9.98 Å². The van der Waals surface area contributed by atoms with E-state index in [-0.39, 0.29) is 0 Å². The Morgan fingerprint density at radius 2 is 2.12 bits per heavy atom. The van der Waals surface area contributed by atoms with Gasteiger partial charge < -0.3 is 15.4 Å². The summed E-state index contributed by atoms with van der Waals surface area (Å²) >= 11 is 1.70. The smallest absolute Gasteiger partial charge is 0.191 e. The van der Waals surface area contributed by atoms with Crippen molar-refractivity contribution in [1.29, 1.82) is 0 Å². The second-order valence-corrected chi connectivity index (χ2v) is 6.70. The van der Waals surface area contributed by atoms with Crippen molar-refractivity contribution in [3.63, 3.8) is 0 Å². The Hall–Kier alpha value is -2.08. The summed E-state index contributed by atoms with van der Waals surface area (Å²) in [5.74, 6) is 1.76.